The van der Waals surface area contributed by atoms with E-state index >= 15 is 0 Å². The molecule has 1 amide bonds. The Hall–Kier alpha value is -3.99. The number of rotatable bonds is 8. The average molecular weight is 516 g/mol. The molecule has 0 atom stereocenters. The van der Waals surface area contributed by atoms with Gasteiger partial charge in [-0.05, 0) is 42.0 Å². The molecule has 0 spiro atoms. The van der Waals surface area contributed by atoms with Crippen LogP contribution >= 0.6 is 23.4 Å². The number of pyridine rings is 1. The van der Waals surface area contributed by atoms with Crippen molar-refractivity contribution in [3.05, 3.63) is 89.4 Å². The van der Waals surface area contributed by atoms with Crippen molar-refractivity contribution >= 4 is 35.0 Å². The van der Waals surface area contributed by atoms with Crippen LogP contribution < -0.4 is 14.8 Å². The number of nitrogens with zero attached hydrogens (tertiary/aromatic N) is 2. The van der Waals surface area contributed by atoms with Gasteiger partial charge in [0, 0.05) is 16.1 Å². The van der Waals surface area contributed by atoms with Crippen LogP contribution in [0.25, 0.3) is 22.4 Å². The van der Waals surface area contributed by atoms with Gasteiger partial charge in [-0.3, -0.25) is 4.79 Å². The molecule has 0 saturated carbocycles. The van der Waals surface area contributed by atoms with E-state index in [-0.39, 0.29) is 11.7 Å². The van der Waals surface area contributed by atoms with E-state index < -0.39 is 0 Å². The summed E-state index contributed by atoms with van der Waals surface area (Å²) >= 11 is 7.27. The summed E-state index contributed by atoms with van der Waals surface area (Å²) in [5, 5.41) is 13.8. The first-order valence-electron chi connectivity index (χ1n) is 10.9. The third-order valence-electron chi connectivity index (χ3n) is 5.34. The lowest BCUT2D eigenvalue weighted by molar-refractivity contribution is -0.113. The Balaban J connectivity index is 1.68. The van der Waals surface area contributed by atoms with Crippen molar-refractivity contribution in [3.8, 4) is 40.0 Å². The third-order valence-corrected chi connectivity index (χ3v) is 6.55. The van der Waals surface area contributed by atoms with Gasteiger partial charge < -0.3 is 14.8 Å². The monoisotopic (exact) mass is 515 g/mol. The van der Waals surface area contributed by atoms with Gasteiger partial charge in [-0.15, -0.1) is 0 Å². The maximum absolute atomic E-state index is 12.8. The largest absolute Gasteiger partial charge is 0.497 e. The number of ether oxygens (including phenoxy) is 2. The van der Waals surface area contributed by atoms with Gasteiger partial charge in [-0.1, -0.05) is 65.8 Å². The summed E-state index contributed by atoms with van der Waals surface area (Å²) in [4.78, 5) is 17.5. The first kappa shape index (κ1) is 25.1. The van der Waals surface area contributed by atoms with E-state index in [1.54, 1.807) is 25.3 Å². The van der Waals surface area contributed by atoms with Gasteiger partial charge in [-0.2, -0.15) is 5.26 Å². The van der Waals surface area contributed by atoms with Crippen LogP contribution in [0.2, 0.25) is 5.02 Å². The summed E-state index contributed by atoms with van der Waals surface area (Å²) in [6, 6.07) is 26.4. The summed E-state index contributed by atoms with van der Waals surface area (Å²) in [7, 11) is 3.13. The van der Waals surface area contributed by atoms with E-state index in [9.17, 15) is 10.1 Å². The molecule has 180 valence electrons. The average Bonchev–Trinajstić information content (AvgIpc) is 2.92. The maximum Gasteiger partial charge on any atom is 0.234 e. The van der Waals surface area contributed by atoms with Crippen LogP contribution in [0.1, 0.15) is 5.56 Å². The number of halogens is 1. The molecule has 4 rings (SSSR count). The van der Waals surface area contributed by atoms with Crippen molar-refractivity contribution in [2.45, 2.75) is 5.03 Å². The minimum atomic E-state index is -0.276. The number of anilines is 1. The van der Waals surface area contributed by atoms with Gasteiger partial charge in [-0.25, -0.2) is 4.98 Å². The first-order chi connectivity index (χ1) is 17.5. The molecule has 0 radical (unpaired) electrons. The quantitative estimate of drug-likeness (QED) is 0.263. The van der Waals surface area contributed by atoms with Gasteiger partial charge >= 0.3 is 0 Å². The summed E-state index contributed by atoms with van der Waals surface area (Å²) in [6.07, 6.45) is 0. The Morgan fingerprint density at radius 2 is 1.75 bits per heavy atom. The van der Waals surface area contributed by atoms with Crippen LogP contribution in [-0.4, -0.2) is 30.9 Å². The molecule has 0 fully saturated rings. The minimum absolute atomic E-state index is 0.0393. The summed E-state index contributed by atoms with van der Waals surface area (Å²) in [5.41, 5.74) is 4.07. The Kier molecular flexibility index (Phi) is 8.11. The third kappa shape index (κ3) is 5.80. The molecule has 0 aliphatic carbocycles. The number of benzene rings is 3. The van der Waals surface area contributed by atoms with Crippen LogP contribution in [0.4, 0.5) is 5.69 Å². The van der Waals surface area contributed by atoms with Gasteiger partial charge in [0.15, 0.2) is 0 Å². The van der Waals surface area contributed by atoms with E-state index in [2.05, 4.69) is 11.4 Å². The van der Waals surface area contributed by atoms with Gasteiger partial charge in [0.2, 0.25) is 5.91 Å². The topological polar surface area (TPSA) is 84.2 Å². The predicted octanol–water partition coefficient (Wildman–Crippen LogP) is 6.69. The van der Waals surface area contributed by atoms with Crippen molar-refractivity contribution in [1.29, 1.82) is 5.26 Å². The van der Waals surface area contributed by atoms with Gasteiger partial charge in [0.1, 0.15) is 22.6 Å². The number of amides is 1. The highest BCUT2D eigenvalue weighted by Gasteiger charge is 2.18. The standard InChI is InChI=1S/C28H22ClN3O3S/c1-34-21-11-8-18(9-12-21)22-15-24(19-6-4-3-5-7-19)32-28(23(22)16-30)36-17-27(33)31-25-14-20(29)10-13-26(25)35-2/h3-15H,17H2,1-2H3,(H,31,33). The minimum Gasteiger partial charge on any atom is -0.497 e. The predicted molar refractivity (Wildman–Crippen MR) is 144 cm³/mol. The molecule has 0 unspecified atom stereocenters. The zero-order valence-corrected chi connectivity index (χ0v) is 21.2. The molecule has 36 heavy (non-hydrogen) atoms. The SMILES string of the molecule is COc1ccc(-c2cc(-c3ccccc3)nc(SCC(=O)Nc3cc(Cl)ccc3OC)c2C#N)cc1. The molecule has 6 nitrogen and oxygen atoms in total. The Labute approximate surface area is 218 Å². The first-order valence-corrected chi connectivity index (χ1v) is 12.3. The highest BCUT2D eigenvalue weighted by molar-refractivity contribution is 8.00. The van der Waals surface area contributed by atoms with Crippen LogP contribution in [0.5, 0.6) is 11.5 Å². The Bertz CT molecular complexity index is 1420. The molecule has 0 aliphatic heterocycles. The van der Waals surface area contributed by atoms with Gasteiger partial charge in [0.25, 0.3) is 0 Å². The lowest BCUT2D eigenvalue weighted by atomic mass is 9.99. The fourth-order valence-electron chi connectivity index (χ4n) is 3.59. The smallest absolute Gasteiger partial charge is 0.234 e. The molecule has 1 aromatic heterocycles. The van der Waals surface area contributed by atoms with E-state index in [0.717, 1.165) is 22.4 Å². The van der Waals surface area contributed by atoms with Crippen LogP contribution in [-0.2, 0) is 4.79 Å². The number of nitriles is 1. The second-order valence-electron chi connectivity index (χ2n) is 7.62. The van der Waals surface area contributed by atoms with Crippen LogP contribution in [0.3, 0.4) is 0 Å². The second-order valence-corrected chi connectivity index (χ2v) is 9.02. The summed E-state index contributed by atoms with van der Waals surface area (Å²) in [6.45, 7) is 0. The van der Waals surface area contributed by atoms with E-state index in [1.165, 1.54) is 18.9 Å². The van der Waals surface area contributed by atoms with Crippen molar-refractivity contribution in [2.75, 3.05) is 25.3 Å². The number of aromatic nitrogens is 1. The number of hydrogen-bond donors (Lipinski definition) is 1. The number of methoxy groups -OCH3 is 2. The molecule has 1 N–H and O–H groups in total. The van der Waals surface area contributed by atoms with Crippen molar-refractivity contribution < 1.29 is 14.3 Å². The molecule has 0 aliphatic rings. The lowest BCUT2D eigenvalue weighted by Crippen LogP contribution is -2.15. The number of carbonyl (C=O) groups is 1. The maximum atomic E-state index is 12.8. The molecule has 8 heteroatoms. The number of carbonyl (C=O) groups excluding carboxylic acids is 1. The number of nitrogens with one attached hydrogen (secondary N) is 1. The zero-order chi connectivity index (χ0) is 25.5. The molecule has 1 heterocycles. The molecule has 3 aromatic carbocycles. The highest BCUT2D eigenvalue weighted by Crippen LogP contribution is 2.35. The molecule has 0 saturated heterocycles. The second kappa shape index (κ2) is 11.6. The number of hydrogen-bond acceptors (Lipinski definition) is 6. The zero-order valence-electron chi connectivity index (χ0n) is 19.6. The summed E-state index contributed by atoms with van der Waals surface area (Å²) < 4.78 is 10.6. The normalized spacial score (nSPS) is 10.4. The van der Waals surface area contributed by atoms with Crippen LogP contribution in [0, 0.1) is 11.3 Å². The van der Waals surface area contributed by atoms with E-state index in [1.807, 2.05) is 60.7 Å². The fraction of sp³-hybridized carbons (Fsp3) is 0.107. The lowest BCUT2D eigenvalue weighted by Gasteiger charge is -2.14. The Morgan fingerprint density at radius 3 is 2.42 bits per heavy atom. The number of thioether (sulfide) groups is 1. The van der Waals surface area contributed by atoms with Crippen molar-refractivity contribution in [3.63, 3.8) is 0 Å². The van der Waals surface area contributed by atoms with Crippen LogP contribution in [0.15, 0.2) is 83.9 Å². The van der Waals surface area contributed by atoms with Crippen molar-refractivity contribution in [2.24, 2.45) is 0 Å². The summed E-state index contributed by atoms with van der Waals surface area (Å²) in [5.74, 6) is 0.985. The van der Waals surface area contributed by atoms with E-state index in [0.29, 0.717) is 32.7 Å². The molecular weight excluding hydrogens is 494 g/mol. The van der Waals surface area contributed by atoms with Gasteiger partial charge in [0.05, 0.1) is 36.9 Å². The molecule has 4 aromatic rings. The Morgan fingerprint density at radius 1 is 1.00 bits per heavy atom. The highest BCUT2D eigenvalue weighted by atomic mass is 35.5. The molecule has 0 bridgehead atoms. The van der Waals surface area contributed by atoms with E-state index in [4.69, 9.17) is 26.1 Å². The molecular formula is C28H22ClN3O3S. The van der Waals surface area contributed by atoms with Crippen molar-refractivity contribution in [1.82, 2.24) is 4.98 Å². The fourth-order valence-corrected chi connectivity index (χ4v) is 4.56.